The number of benzene rings is 1. The van der Waals surface area contributed by atoms with E-state index in [1.54, 1.807) is 11.4 Å². The molecule has 10 heteroatoms. The van der Waals surface area contributed by atoms with E-state index in [-0.39, 0.29) is 18.1 Å². The van der Waals surface area contributed by atoms with E-state index in [1.165, 1.54) is 0 Å². The van der Waals surface area contributed by atoms with Crippen LogP contribution in [0, 0.1) is 6.92 Å². The van der Waals surface area contributed by atoms with Gasteiger partial charge in [-0.3, -0.25) is 10.1 Å². The van der Waals surface area contributed by atoms with Crippen LogP contribution in [0.25, 0.3) is 10.7 Å². The fraction of sp³-hybridized carbons (Fsp3) is 0.111. The van der Waals surface area contributed by atoms with Crippen LogP contribution in [-0.2, 0) is 11.3 Å². The van der Waals surface area contributed by atoms with E-state index < -0.39 is 29.1 Å². The molecule has 0 aliphatic carbocycles. The maximum Gasteiger partial charge on any atom is 0.412 e. The Morgan fingerprint density at radius 3 is 2.82 bits per heavy atom. The number of amides is 1. The third-order valence-corrected chi connectivity index (χ3v) is 4.59. The number of aromatic nitrogens is 2. The van der Waals surface area contributed by atoms with E-state index >= 15 is 0 Å². The summed E-state index contributed by atoms with van der Waals surface area (Å²) in [6, 6.07) is 9.06. The molecule has 144 valence electrons. The van der Waals surface area contributed by atoms with Crippen LogP contribution in [-0.4, -0.2) is 32.2 Å². The van der Waals surface area contributed by atoms with Crippen molar-refractivity contribution in [1.82, 2.24) is 9.97 Å². The highest BCUT2D eigenvalue weighted by molar-refractivity contribution is 7.14. The van der Waals surface area contributed by atoms with Crippen LogP contribution in [0.2, 0.25) is 0 Å². The number of ether oxygens (including phenoxy) is 1. The molecule has 0 fully saturated rings. The Bertz CT molecular complexity index is 1100. The van der Waals surface area contributed by atoms with Gasteiger partial charge in [-0.2, -0.15) is 0 Å². The van der Waals surface area contributed by atoms with Gasteiger partial charge < -0.3 is 19.9 Å². The van der Waals surface area contributed by atoms with Crippen molar-refractivity contribution >= 4 is 29.1 Å². The number of nitrogens with one attached hydrogen (secondary N) is 2. The van der Waals surface area contributed by atoms with Gasteiger partial charge in [0.2, 0.25) is 5.75 Å². The van der Waals surface area contributed by atoms with E-state index in [1.807, 2.05) is 31.2 Å². The predicted octanol–water partition coefficient (Wildman–Crippen LogP) is 2.96. The third-order valence-electron chi connectivity index (χ3n) is 3.67. The first-order valence-corrected chi connectivity index (χ1v) is 8.87. The normalized spacial score (nSPS) is 10.5. The largest absolute Gasteiger partial charge is 0.501 e. The standard InChI is InChI=1S/C18H15N3O6S/c1-9-3-2-4-10(7-9)8-27-18(26)19-11-5-6-28-14(11)15-20-12(17(24)25)13(22)16(23)21-15/h2-7,22H,8H2,1H3,(H,19,26)(H,24,25)(H,20,21,23). The van der Waals surface area contributed by atoms with Crippen molar-refractivity contribution in [2.75, 3.05) is 5.32 Å². The molecule has 28 heavy (non-hydrogen) atoms. The molecule has 1 aromatic carbocycles. The number of carbonyl (C=O) groups excluding carboxylic acids is 1. The first-order chi connectivity index (χ1) is 13.3. The summed E-state index contributed by atoms with van der Waals surface area (Å²) in [4.78, 5) is 41.4. The van der Waals surface area contributed by atoms with Gasteiger partial charge in [0.25, 0.3) is 5.56 Å². The fourth-order valence-electron chi connectivity index (χ4n) is 2.41. The minimum Gasteiger partial charge on any atom is -0.501 e. The third kappa shape index (κ3) is 4.18. The Morgan fingerprint density at radius 1 is 1.32 bits per heavy atom. The van der Waals surface area contributed by atoms with Gasteiger partial charge in [-0.15, -0.1) is 11.3 Å². The number of rotatable bonds is 5. The second-order valence-electron chi connectivity index (χ2n) is 5.77. The van der Waals surface area contributed by atoms with Gasteiger partial charge in [0.1, 0.15) is 6.61 Å². The van der Waals surface area contributed by atoms with Crippen molar-refractivity contribution in [3.8, 4) is 16.5 Å². The SMILES string of the molecule is Cc1cccc(COC(=O)Nc2ccsc2-c2nc(C(=O)O)c(O)c(=O)[nH]2)c1. The van der Waals surface area contributed by atoms with Gasteiger partial charge in [0, 0.05) is 0 Å². The average molecular weight is 401 g/mol. The Balaban J connectivity index is 1.78. The molecule has 0 spiro atoms. The lowest BCUT2D eigenvalue weighted by Gasteiger charge is -2.09. The lowest BCUT2D eigenvalue weighted by molar-refractivity contribution is 0.0686. The highest BCUT2D eigenvalue weighted by Gasteiger charge is 2.20. The molecule has 3 aromatic rings. The molecule has 1 amide bonds. The van der Waals surface area contributed by atoms with E-state index in [9.17, 15) is 19.5 Å². The summed E-state index contributed by atoms with van der Waals surface area (Å²) in [6.45, 7) is 2.00. The molecule has 2 heterocycles. The van der Waals surface area contributed by atoms with Crippen molar-refractivity contribution in [3.63, 3.8) is 0 Å². The Morgan fingerprint density at radius 2 is 2.11 bits per heavy atom. The maximum atomic E-state index is 12.1. The van der Waals surface area contributed by atoms with Crippen LogP contribution in [0.15, 0.2) is 40.5 Å². The van der Waals surface area contributed by atoms with Crippen molar-refractivity contribution in [3.05, 3.63) is 62.9 Å². The first kappa shape index (κ1) is 19.1. The second-order valence-corrected chi connectivity index (χ2v) is 6.69. The van der Waals surface area contributed by atoms with Crippen LogP contribution in [0.3, 0.4) is 0 Å². The highest BCUT2D eigenvalue weighted by atomic mass is 32.1. The van der Waals surface area contributed by atoms with Gasteiger partial charge in [-0.1, -0.05) is 29.8 Å². The molecular weight excluding hydrogens is 386 g/mol. The summed E-state index contributed by atoms with van der Waals surface area (Å²) < 4.78 is 5.18. The highest BCUT2D eigenvalue weighted by Crippen LogP contribution is 2.31. The summed E-state index contributed by atoms with van der Waals surface area (Å²) in [5, 5.41) is 22.7. The molecule has 2 aromatic heterocycles. The number of anilines is 1. The number of thiophene rings is 1. The summed E-state index contributed by atoms with van der Waals surface area (Å²) in [7, 11) is 0. The number of aromatic amines is 1. The summed E-state index contributed by atoms with van der Waals surface area (Å²) in [5.41, 5.74) is 0.378. The molecule has 0 bridgehead atoms. The molecule has 0 saturated carbocycles. The molecular formula is C18H15N3O6S. The summed E-state index contributed by atoms with van der Waals surface area (Å²) in [6.07, 6.45) is -0.722. The molecule has 3 rings (SSSR count). The zero-order valence-corrected chi connectivity index (χ0v) is 15.4. The van der Waals surface area contributed by atoms with Gasteiger partial charge in [-0.05, 0) is 23.9 Å². The Labute approximate surface area is 162 Å². The van der Waals surface area contributed by atoms with Gasteiger partial charge in [0.15, 0.2) is 11.5 Å². The number of carboxylic acids is 1. The maximum absolute atomic E-state index is 12.1. The topological polar surface area (TPSA) is 142 Å². The number of aromatic carboxylic acids is 1. The quantitative estimate of drug-likeness (QED) is 0.515. The Kier molecular flexibility index (Phi) is 5.41. The first-order valence-electron chi connectivity index (χ1n) is 7.99. The van der Waals surface area contributed by atoms with Gasteiger partial charge in [0.05, 0.1) is 10.6 Å². The van der Waals surface area contributed by atoms with Crippen LogP contribution < -0.4 is 10.9 Å². The molecule has 0 aliphatic heterocycles. The van der Waals surface area contributed by atoms with Crippen molar-refractivity contribution in [1.29, 1.82) is 0 Å². The predicted molar refractivity (Wildman–Crippen MR) is 102 cm³/mol. The molecule has 4 N–H and O–H groups in total. The molecule has 0 aliphatic rings. The minimum atomic E-state index is -1.55. The zero-order valence-electron chi connectivity index (χ0n) is 14.6. The molecule has 0 saturated heterocycles. The molecule has 0 unspecified atom stereocenters. The van der Waals surface area contributed by atoms with E-state index in [0.29, 0.717) is 4.88 Å². The monoisotopic (exact) mass is 401 g/mol. The van der Waals surface area contributed by atoms with Gasteiger partial charge in [-0.25, -0.2) is 14.6 Å². The van der Waals surface area contributed by atoms with Crippen molar-refractivity contribution in [2.45, 2.75) is 13.5 Å². The van der Waals surface area contributed by atoms with Crippen molar-refractivity contribution in [2.24, 2.45) is 0 Å². The fourth-order valence-corrected chi connectivity index (χ4v) is 3.21. The minimum absolute atomic E-state index is 0.0738. The number of carbonyl (C=O) groups is 2. The number of aryl methyl sites for hydroxylation is 1. The van der Waals surface area contributed by atoms with Crippen LogP contribution in [0.4, 0.5) is 10.5 Å². The van der Waals surface area contributed by atoms with Crippen LogP contribution in [0.5, 0.6) is 5.75 Å². The molecule has 9 nitrogen and oxygen atoms in total. The lowest BCUT2D eigenvalue weighted by atomic mass is 10.1. The number of nitrogens with zero attached hydrogens (tertiary/aromatic N) is 1. The van der Waals surface area contributed by atoms with E-state index in [4.69, 9.17) is 9.84 Å². The van der Waals surface area contributed by atoms with Crippen LogP contribution in [0.1, 0.15) is 21.6 Å². The number of hydrogen-bond donors (Lipinski definition) is 4. The molecule has 0 radical (unpaired) electrons. The molecule has 0 atom stereocenters. The smallest absolute Gasteiger partial charge is 0.412 e. The summed E-state index contributed by atoms with van der Waals surface area (Å²) >= 11 is 1.12. The Hall–Kier alpha value is -3.66. The summed E-state index contributed by atoms with van der Waals surface area (Å²) in [5.74, 6) is -2.63. The van der Waals surface area contributed by atoms with E-state index in [2.05, 4.69) is 15.3 Å². The van der Waals surface area contributed by atoms with E-state index in [0.717, 1.165) is 22.5 Å². The number of hydrogen-bond acceptors (Lipinski definition) is 7. The van der Waals surface area contributed by atoms with Gasteiger partial charge >= 0.3 is 12.1 Å². The zero-order chi connectivity index (χ0) is 20.3. The van der Waals surface area contributed by atoms with Crippen LogP contribution >= 0.6 is 11.3 Å². The van der Waals surface area contributed by atoms with Crippen molar-refractivity contribution < 1.29 is 24.5 Å². The number of H-pyrrole nitrogens is 1. The average Bonchev–Trinajstić information content (AvgIpc) is 3.10. The lowest BCUT2D eigenvalue weighted by Crippen LogP contribution is -2.16. The number of aromatic hydroxyl groups is 1. The second kappa shape index (κ2) is 7.92. The number of carboxylic acid groups (broad SMARTS) is 1.